The lowest BCUT2D eigenvalue weighted by molar-refractivity contribution is 0.476. The van der Waals surface area contributed by atoms with Crippen molar-refractivity contribution < 1.29 is 9.13 Å². The summed E-state index contributed by atoms with van der Waals surface area (Å²) in [4.78, 5) is 0. The lowest BCUT2D eigenvalue weighted by atomic mass is 10.2. The number of ether oxygens (including phenoxy) is 1. The summed E-state index contributed by atoms with van der Waals surface area (Å²) in [7, 11) is 0. The predicted octanol–water partition coefficient (Wildman–Crippen LogP) is 4.36. The van der Waals surface area contributed by atoms with Crippen LogP contribution < -0.4 is 4.74 Å². The highest BCUT2D eigenvalue weighted by Gasteiger charge is 2.05. The molecule has 0 aliphatic carbocycles. The van der Waals surface area contributed by atoms with Gasteiger partial charge >= 0.3 is 0 Å². The zero-order valence-electron chi connectivity index (χ0n) is 8.49. The van der Waals surface area contributed by atoms with E-state index in [9.17, 15) is 4.39 Å². The van der Waals surface area contributed by atoms with Gasteiger partial charge < -0.3 is 4.74 Å². The quantitative estimate of drug-likeness (QED) is 0.720. The van der Waals surface area contributed by atoms with Gasteiger partial charge in [-0.2, -0.15) is 0 Å². The van der Waals surface area contributed by atoms with Gasteiger partial charge in [0.15, 0.2) is 0 Å². The van der Waals surface area contributed by atoms with Gasteiger partial charge in [-0.1, -0.05) is 18.2 Å². The average molecular weight is 237 g/mol. The monoisotopic (exact) mass is 236 g/mol. The summed E-state index contributed by atoms with van der Waals surface area (Å²) in [5.41, 5.74) is 0.644. The van der Waals surface area contributed by atoms with E-state index in [2.05, 4.69) is 0 Å². The van der Waals surface area contributed by atoms with Crippen LogP contribution in [0.15, 0.2) is 48.5 Å². The second kappa shape index (κ2) is 4.99. The minimum atomic E-state index is -0.309. The Bertz CT molecular complexity index is 471. The van der Waals surface area contributed by atoms with E-state index in [0.29, 0.717) is 17.1 Å². The van der Waals surface area contributed by atoms with E-state index < -0.39 is 0 Å². The van der Waals surface area contributed by atoms with Gasteiger partial charge in [-0.3, -0.25) is 0 Å². The van der Waals surface area contributed by atoms with Gasteiger partial charge in [-0.25, -0.2) is 4.39 Å². The molecular weight excluding hydrogens is 227 g/mol. The zero-order valence-corrected chi connectivity index (χ0v) is 9.25. The Kier molecular flexibility index (Phi) is 3.42. The van der Waals surface area contributed by atoms with Crippen LogP contribution in [0.2, 0.25) is 0 Å². The summed E-state index contributed by atoms with van der Waals surface area (Å²) in [5, 5.41) is 0. The van der Waals surface area contributed by atoms with Gasteiger partial charge in [0.2, 0.25) is 0 Å². The van der Waals surface area contributed by atoms with Crippen molar-refractivity contribution in [3.8, 4) is 11.5 Å². The molecule has 3 heteroatoms. The maximum absolute atomic E-state index is 13.0. The lowest BCUT2D eigenvalue weighted by Gasteiger charge is -2.09. The van der Waals surface area contributed by atoms with Gasteiger partial charge in [0, 0.05) is 5.56 Å². The van der Waals surface area contributed by atoms with Crippen molar-refractivity contribution >= 4 is 11.6 Å². The third-order valence-electron chi connectivity index (χ3n) is 2.14. The standard InChI is InChI=1S/C13H10ClFO/c14-9-10-8-11(15)6-7-13(10)16-12-4-2-1-3-5-12/h1-8H,9H2. The van der Waals surface area contributed by atoms with Crippen LogP contribution >= 0.6 is 11.6 Å². The summed E-state index contributed by atoms with van der Waals surface area (Å²) in [6, 6.07) is 13.6. The molecular formula is C13H10ClFO. The Hall–Kier alpha value is -1.54. The summed E-state index contributed by atoms with van der Waals surface area (Å²) in [6.45, 7) is 0. The smallest absolute Gasteiger partial charge is 0.132 e. The zero-order chi connectivity index (χ0) is 11.4. The second-order valence-corrected chi connectivity index (χ2v) is 3.57. The topological polar surface area (TPSA) is 9.23 Å². The molecule has 0 radical (unpaired) electrons. The van der Waals surface area contributed by atoms with Gasteiger partial charge in [0.05, 0.1) is 5.88 Å². The largest absolute Gasteiger partial charge is 0.457 e. The lowest BCUT2D eigenvalue weighted by Crippen LogP contribution is -1.90. The fourth-order valence-corrected chi connectivity index (χ4v) is 1.58. The highest BCUT2D eigenvalue weighted by Crippen LogP contribution is 2.26. The first-order chi connectivity index (χ1) is 7.79. The molecule has 2 aromatic rings. The predicted molar refractivity (Wildman–Crippen MR) is 62.5 cm³/mol. The van der Waals surface area contributed by atoms with E-state index in [1.807, 2.05) is 30.3 Å². The summed E-state index contributed by atoms with van der Waals surface area (Å²) in [5.74, 6) is 1.21. The summed E-state index contributed by atoms with van der Waals surface area (Å²) in [6.07, 6.45) is 0. The number of benzene rings is 2. The van der Waals surface area contributed by atoms with Crippen LogP contribution in [0.25, 0.3) is 0 Å². The maximum atomic E-state index is 13.0. The van der Waals surface area contributed by atoms with Crippen LogP contribution in [0.1, 0.15) is 5.56 Å². The number of hydrogen-bond acceptors (Lipinski definition) is 1. The minimum absolute atomic E-state index is 0.222. The van der Waals surface area contributed by atoms with Crippen molar-refractivity contribution in [3.05, 3.63) is 59.9 Å². The van der Waals surface area contributed by atoms with Crippen LogP contribution in [0, 0.1) is 5.82 Å². The summed E-state index contributed by atoms with van der Waals surface area (Å²) >= 11 is 5.72. The highest BCUT2D eigenvalue weighted by atomic mass is 35.5. The molecule has 0 atom stereocenters. The van der Waals surface area contributed by atoms with E-state index in [-0.39, 0.29) is 11.7 Å². The number of rotatable bonds is 3. The van der Waals surface area contributed by atoms with Crippen LogP contribution in [-0.4, -0.2) is 0 Å². The number of hydrogen-bond donors (Lipinski definition) is 0. The molecule has 2 aromatic carbocycles. The first kappa shape index (κ1) is 11.0. The molecule has 2 rings (SSSR count). The van der Waals surface area contributed by atoms with Crippen molar-refractivity contribution in [3.63, 3.8) is 0 Å². The van der Waals surface area contributed by atoms with Crippen molar-refractivity contribution in [1.29, 1.82) is 0 Å². The molecule has 0 aromatic heterocycles. The van der Waals surface area contributed by atoms with Crippen LogP contribution in [0.5, 0.6) is 11.5 Å². The summed E-state index contributed by atoms with van der Waals surface area (Å²) < 4.78 is 18.6. The highest BCUT2D eigenvalue weighted by molar-refractivity contribution is 6.17. The van der Waals surface area contributed by atoms with E-state index in [0.717, 1.165) is 0 Å². The van der Waals surface area contributed by atoms with Crippen LogP contribution in [0.3, 0.4) is 0 Å². The third-order valence-corrected chi connectivity index (χ3v) is 2.43. The number of alkyl halides is 1. The van der Waals surface area contributed by atoms with Crippen molar-refractivity contribution in [2.75, 3.05) is 0 Å². The van der Waals surface area contributed by atoms with Gasteiger partial charge in [-0.05, 0) is 30.3 Å². The Morgan fingerprint density at radius 3 is 2.50 bits per heavy atom. The van der Waals surface area contributed by atoms with Crippen LogP contribution in [-0.2, 0) is 5.88 Å². The second-order valence-electron chi connectivity index (χ2n) is 3.30. The average Bonchev–Trinajstić information content (AvgIpc) is 2.33. The van der Waals surface area contributed by atoms with Crippen molar-refractivity contribution in [1.82, 2.24) is 0 Å². The molecule has 0 spiro atoms. The molecule has 0 unspecified atom stereocenters. The first-order valence-corrected chi connectivity index (χ1v) is 5.40. The maximum Gasteiger partial charge on any atom is 0.132 e. The first-order valence-electron chi connectivity index (χ1n) is 4.87. The minimum Gasteiger partial charge on any atom is -0.457 e. The van der Waals surface area contributed by atoms with E-state index in [1.54, 1.807) is 6.07 Å². The number of para-hydroxylation sites is 1. The Morgan fingerprint density at radius 1 is 1.06 bits per heavy atom. The van der Waals surface area contributed by atoms with E-state index >= 15 is 0 Å². The van der Waals surface area contributed by atoms with E-state index in [4.69, 9.17) is 16.3 Å². The molecule has 16 heavy (non-hydrogen) atoms. The van der Waals surface area contributed by atoms with Crippen LogP contribution in [0.4, 0.5) is 4.39 Å². The Balaban J connectivity index is 2.28. The SMILES string of the molecule is Fc1ccc(Oc2ccccc2)c(CCl)c1. The van der Waals surface area contributed by atoms with Gasteiger partial charge in [0.25, 0.3) is 0 Å². The van der Waals surface area contributed by atoms with Crippen molar-refractivity contribution in [2.45, 2.75) is 5.88 Å². The molecule has 0 saturated carbocycles. The molecule has 0 heterocycles. The fourth-order valence-electron chi connectivity index (χ4n) is 1.37. The number of halogens is 2. The molecule has 0 N–H and O–H groups in total. The molecule has 0 fully saturated rings. The normalized spacial score (nSPS) is 10.1. The van der Waals surface area contributed by atoms with Gasteiger partial charge in [-0.15, -0.1) is 11.6 Å². The molecule has 1 nitrogen and oxygen atoms in total. The Labute approximate surface area is 98.4 Å². The van der Waals surface area contributed by atoms with Crippen molar-refractivity contribution in [2.24, 2.45) is 0 Å². The molecule has 82 valence electrons. The molecule has 0 aliphatic heterocycles. The Morgan fingerprint density at radius 2 is 1.81 bits per heavy atom. The molecule has 0 amide bonds. The van der Waals surface area contributed by atoms with E-state index in [1.165, 1.54) is 12.1 Å². The molecule has 0 saturated heterocycles. The van der Waals surface area contributed by atoms with Gasteiger partial charge in [0.1, 0.15) is 17.3 Å². The fraction of sp³-hybridized carbons (Fsp3) is 0.0769. The third kappa shape index (κ3) is 2.52. The molecule has 0 bridgehead atoms. The molecule has 0 aliphatic rings.